The third kappa shape index (κ3) is 4.69. The highest BCUT2D eigenvalue weighted by molar-refractivity contribution is 6.37. The molecule has 1 aromatic carbocycles. The van der Waals surface area contributed by atoms with Crippen LogP contribution in [0.3, 0.4) is 0 Å². The van der Waals surface area contributed by atoms with Gasteiger partial charge in [-0.3, -0.25) is 9.80 Å². The predicted octanol–water partition coefficient (Wildman–Crippen LogP) is 3.82. The summed E-state index contributed by atoms with van der Waals surface area (Å²) in [6.45, 7) is 2.86. The van der Waals surface area contributed by atoms with Gasteiger partial charge in [0.15, 0.2) is 0 Å². The summed E-state index contributed by atoms with van der Waals surface area (Å²) >= 11 is 11.8. The number of nitrogens with zero attached hydrogens (tertiary/aromatic N) is 3. The molecule has 0 heterocycles. The Hall–Kier alpha value is -1.33. The molecule has 0 saturated heterocycles. The van der Waals surface area contributed by atoms with E-state index in [1.54, 1.807) is 12.1 Å². The van der Waals surface area contributed by atoms with E-state index < -0.39 is 5.91 Å². The highest BCUT2D eigenvalue weighted by Crippen LogP contribution is 2.32. The second-order valence-corrected chi connectivity index (χ2v) is 4.92. The molecule has 0 aliphatic carbocycles. The van der Waals surface area contributed by atoms with E-state index in [2.05, 4.69) is 17.3 Å². The predicted molar refractivity (Wildman–Crippen MR) is 77.0 cm³/mol. The number of hydrogen-bond donors (Lipinski definition) is 1. The molecule has 0 spiro atoms. The van der Waals surface area contributed by atoms with Gasteiger partial charge in [-0.1, -0.05) is 41.8 Å². The van der Waals surface area contributed by atoms with Gasteiger partial charge in [0, 0.05) is 18.6 Å². The lowest BCUT2D eigenvalue weighted by Gasteiger charge is -2.10. The molecule has 0 atom stereocenters. The van der Waals surface area contributed by atoms with E-state index >= 15 is 0 Å². The van der Waals surface area contributed by atoms with E-state index in [0.29, 0.717) is 5.02 Å². The summed E-state index contributed by atoms with van der Waals surface area (Å²) in [6.07, 6.45) is 2.07. The van der Waals surface area contributed by atoms with Crippen LogP contribution in [0.2, 0.25) is 10.0 Å². The van der Waals surface area contributed by atoms with Crippen LogP contribution < -0.4 is 5.73 Å². The molecule has 0 aliphatic rings. The van der Waals surface area contributed by atoms with Crippen LogP contribution in [0.15, 0.2) is 22.5 Å². The van der Waals surface area contributed by atoms with Crippen LogP contribution in [0.4, 0.5) is 5.69 Å². The van der Waals surface area contributed by atoms with Crippen molar-refractivity contribution in [2.45, 2.75) is 19.8 Å². The molecule has 0 aromatic heterocycles. The van der Waals surface area contributed by atoms with Crippen LogP contribution in [0.25, 0.3) is 0 Å². The number of carbonyl (C=O) groups is 1. The summed E-state index contributed by atoms with van der Waals surface area (Å²) in [5.41, 5.74) is 5.66. The van der Waals surface area contributed by atoms with E-state index in [-0.39, 0.29) is 16.3 Å². The number of nitrogens with two attached hydrogens (primary N) is 1. The lowest BCUT2D eigenvalue weighted by molar-refractivity contribution is 0.100. The van der Waals surface area contributed by atoms with Crippen LogP contribution in [0.1, 0.15) is 30.1 Å². The molecule has 0 radical (unpaired) electrons. The number of primary amides is 1. The molecule has 5 nitrogen and oxygen atoms in total. The van der Waals surface area contributed by atoms with Crippen molar-refractivity contribution in [2.75, 3.05) is 13.6 Å². The maximum absolute atomic E-state index is 11.3. The van der Waals surface area contributed by atoms with Gasteiger partial charge in [0.1, 0.15) is 5.69 Å². The molecule has 7 heteroatoms. The van der Waals surface area contributed by atoms with Gasteiger partial charge in [-0.15, -0.1) is 5.11 Å². The van der Waals surface area contributed by atoms with E-state index in [1.807, 2.05) is 0 Å². The molecule has 0 bridgehead atoms. The first-order chi connectivity index (χ1) is 8.95. The Bertz CT molecular complexity index is 491. The minimum atomic E-state index is -0.644. The Morgan fingerprint density at radius 2 is 2.11 bits per heavy atom. The summed E-state index contributed by atoms with van der Waals surface area (Å²) in [5, 5.41) is 10.2. The standard InChI is InChI=1S/C12H16Cl2N4O/c1-3-4-5-18(2)17-16-11-9(12(15)19)6-8(13)7-10(11)14/h6-7H,3-5H2,1-2H3,(H2,15,19). The third-order valence-corrected chi connectivity index (χ3v) is 2.93. The first-order valence-corrected chi connectivity index (χ1v) is 6.63. The zero-order valence-corrected chi connectivity index (χ0v) is 12.4. The van der Waals surface area contributed by atoms with Crippen LogP contribution in [0.5, 0.6) is 0 Å². The fourth-order valence-electron chi connectivity index (χ4n) is 1.41. The minimum Gasteiger partial charge on any atom is -0.366 e. The number of unbranched alkanes of at least 4 members (excludes halogenated alkanes) is 1. The van der Waals surface area contributed by atoms with Gasteiger partial charge in [0.05, 0.1) is 10.6 Å². The molecule has 1 aromatic rings. The Kier molecular flexibility index (Phi) is 6.05. The van der Waals surface area contributed by atoms with E-state index in [0.717, 1.165) is 19.4 Å². The summed E-state index contributed by atoms with van der Waals surface area (Å²) in [4.78, 5) is 11.3. The van der Waals surface area contributed by atoms with Crippen LogP contribution >= 0.6 is 23.2 Å². The molecular weight excluding hydrogens is 287 g/mol. The van der Waals surface area contributed by atoms with Crippen molar-refractivity contribution in [3.05, 3.63) is 27.7 Å². The van der Waals surface area contributed by atoms with Gasteiger partial charge in [-0.25, -0.2) is 0 Å². The first kappa shape index (κ1) is 15.7. The average Bonchev–Trinajstić information content (AvgIpc) is 2.34. The van der Waals surface area contributed by atoms with E-state index in [1.165, 1.54) is 12.1 Å². The second-order valence-electron chi connectivity index (χ2n) is 4.07. The largest absolute Gasteiger partial charge is 0.366 e. The molecule has 0 unspecified atom stereocenters. The zero-order valence-electron chi connectivity index (χ0n) is 10.9. The van der Waals surface area contributed by atoms with Crippen molar-refractivity contribution in [3.63, 3.8) is 0 Å². The fraction of sp³-hybridized carbons (Fsp3) is 0.417. The number of amides is 1. The Labute approximate surface area is 122 Å². The molecule has 0 fully saturated rings. The lowest BCUT2D eigenvalue weighted by Crippen LogP contribution is -2.12. The maximum atomic E-state index is 11.3. The smallest absolute Gasteiger partial charge is 0.251 e. The van der Waals surface area contributed by atoms with Gasteiger partial charge in [0.25, 0.3) is 5.91 Å². The van der Waals surface area contributed by atoms with Crippen molar-refractivity contribution in [2.24, 2.45) is 16.1 Å². The van der Waals surface area contributed by atoms with Gasteiger partial charge < -0.3 is 5.73 Å². The summed E-state index contributed by atoms with van der Waals surface area (Å²) in [5.74, 6) is -0.644. The normalized spacial score (nSPS) is 10.9. The monoisotopic (exact) mass is 302 g/mol. The molecule has 104 valence electrons. The third-order valence-electron chi connectivity index (χ3n) is 2.43. The highest BCUT2D eigenvalue weighted by Gasteiger charge is 2.13. The second kappa shape index (κ2) is 7.31. The van der Waals surface area contributed by atoms with E-state index in [4.69, 9.17) is 28.9 Å². The van der Waals surface area contributed by atoms with Gasteiger partial charge in [0.2, 0.25) is 0 Å². The topological polar surface area (TPSA) is 71.1 Å². The van der Waals surface area contributed by atoms with Crippen LogP contribution in [-0.2, 0) is 0 Å². The number of rotatable bonds is 6. The van der Waals surface area contributed by atoms with Crippen molar-refractivity contribution in [1.82, 2.24) is 5.01 Å². The number of hydrogen-bond acceptors (Lipinski definition) is 3. The molecule has 1 amide bonds. The van der Waals surface area contributed by atoms with Crippen LogP contribution in [0, 0.1) is 0 Å². The minimum absolute atomic E-state index is 0.158. The molecule has 0 saturated carbocycles. The quantitative estimate of drug-likeness (QED) is 0.641. The molecule has 19 heavy (non-hydrogen) atoms. The number of halogens is 2. The molecular formula is C12H16Cl2N4O. The van der Waals surface area contributed by atoms with Crippen molar-refractivity contribution < 1.29 is 4.79 Å². The summed E-state index contributed by atoms with van der Waals surface area (Å²) in [6, 6.07) is 2.92. The molecule has 0 aliphatic heterocycles. The Morgan fingerprint density at radius 3 is 2.68 bits per heavy atom. The first-order valence-electron chi connectivity index (χ1n) is 5.87. The van der Waals surface area contributed by atoms with Gasteiger partial charge in [-0.2, -0.15) is 0 Å². The Balaban J connectivity index is 2.99. The molecule has 1 rings (SSSR count). The van der Waals surface area contributed by atoms with Gasteiger partial charge in [-0.05, 0) is 18.6 Å². The number of carbonyl (C=O) groups excluding carboxylic acids is 1. The molecule has 2 N–H and O–H groups in total. The highest BCUT2D eigenvalue weighted by atomic mass is 35.5. The number of benzene rings is 1. The lowest BCUT2D eigenvalue weighted by atomic mass is 10.2. The average molecular weight is 303 g/mol. The summed E-state index contributed by atoms with van der Waals surface area (Å²) in [7, 11) is 1.80. The SMILES string of the molecule is CCCCN(C)N=Nc1c(Cl)cc(Cl)cc1C(N)=O. The zero-order chi connectivity index (χ0) is 14.4. The Morgan fingerprint density at radius 1 is 1.42 bits per heavy atom. The van der Waals surface area contributed by atoms with Crippen molar-refractivity contribution in [1.29, 1.82) is 0 Å². The van der Waals surface area contributed by atoms with Crippen molar-refractivity contribution >= 4 is 34.8 Å². The summed E-state index contributed by atoms with van der Waals surface area (Å²) < 4.78 is 0. The van der Waals surface area contributed by atoms with Crippen LogP contribution in [-0.4, -0.2) is 24.5 Å². The fourth-order valence-corrected chi connectivity index (χ4v) is 1.94. The maximum Gasteiger partial charge on any atom is 0.251 e. The van der Waals surface area contributed by atoms with Gasteiger partial charge >= 0.3 is 0 Å². The van der Waals surface area contributed by atoms with Crippen molar-refractivity contribution in [3.8, 4) is 0 Å². The van der Waals surface area contributed by atoms with E-state index in [9.17, 15) is 4.79 Å².